The quantitative estimate of drug-likeness (QED) is 0.593. The molecule has 3 nitrogen and oxygen atoms in total. The highest BCUT2D eigenvalue weighted by atomic mass is 16.1. The van der Waals surface area contributed by atoms with Crippen LogP contribution in [0.15, 0.2) is 24.3 Å². The Morgan fingerprint density at radius 3 is 2.38 bits per heavy atom. The van der Waals surface area contributed by atoms with Gasteiger partial charge in [0.2, 0.25) is 5.91 Å². The maximum atomic E-state index is 10.7. The van der Waals surface area contributed by atoms with Crippen molar-refractivity contribution in [3.05, 3.63) is 35.4 Å². The Hall–Kier alpha value is -1.79. The summed E-state index contributed by atoms with van der Waals surface area (Å²) >= 11 is 0. The first kappa shape index (κ1) is 9.30. The van der Waals surface area contributed by atoms with Crippen LogP contribution in [0.4, 0.5) is 0 Å². The van der Waals surface area contributed by atoms with E-state index in [2.05, 4.69) is 11.8 Å². The Morgan fingerprint density at radius 1 is 1.31 bits per heavy atom. The van der Waals surface area contributed by atoms with Crippen molar-refractivity contribution >= 4 is 5.91 Å². The molecule has 1 aromatic carbocycles. The van der Waals surface area contributed by atoms with E-state index in [0.29, 0.717) is 12.1 Å². The number of primary amides is 1. The second-order valence-electron chi connectivity index (χ2n) is 2.45. The van der Waals surface area contributed by atoms with E-state index in [1.54, 1.807) is 24.3 Å². The molecular formula is C10H10N2O. The zero-order valence-corrected chi connectivity index (χ0v) is 7.08. The van der Waals surface area contributed by atoms with Crippen LogP contribution in [-0.4, -0.2) is 12.5 Å². The van der Waals surface area contributed by atoms with Gasteiger partial charge in [-0.3, -0.25) is 4.79 Å². The van der Waals surface area contributed by atoms with E-state index >= 15 is 0 Å². The summed E-state index contributed by atoms with van der Waals surface area (Å²) in [5, 5.41) is 0. The first-order valence-electron chi connectivity index (χ1n) is 3.83. The molecule has 0 spiro atoms. The van der Waals surface area contributed by atoms with Gasteiger partial charge in [-0.15, -0.1) is 0 Å². The Bertz CT molecular complexity index is 357. The first-order chi connectivity index (χ1) is 6.24. The molecule has 0 aromatic heterocycles. The van der Waals surface area contributed by atoms with Gasteiger partial charge in [0.25, 0.3) is 0 Å². The minimum Gasteiger partial charge on any atom is -0.366 e. The van der Waals surface area contributed by atoms with Crippen LogP contribution in [0.25, 0.3) is 0 Å². The maximum Gasteiger partial charge on any atom is 0.248 e. The molecule has 0 radical (unpaired) electrons. The van der Waals surface area contributed by atoms with Crippen molar-refractivity contribution < 1.29 is 4.79 Å². The van der Waals surface area contributed by atoms with Gasteiger partial charge >= 0.3 is 0 Å². The van der Waals surface area contributed by atoms with Crippen molar-refractivity contribution in [1.82, 2.24) is 0 Å². The molecule has 3 heteroatoms. The number of carbonyl (C=O) groups is 1. The first-order valence-corrected chi connectivity index (χ1v) is 3.83. The van der Waals surface area contributed by atoms with Crippen molar-refractivity contribution in [2.45, 2.75) is 0 Å². The molecule has 4 N–H and O–H groups in total. The minimum absolute atomic E-state index is 0.331. The predicted molar refractivity (Wildman–Crippen MR) is 50.9 cm³/mol. The fraction of sp³-hybridized carbons (Fsp3) is 0.100. The van der Waals surface area contributed by atoms with Gasteiger partial charge in [-0.2, -0.15) is 0 Å². The minimum atomic E-state index is -0.432. The van der Waals surface area contributed by atoms with E-state index in [4.69, 9.17) is 11.5 Å². The Morgan fingerprint density at radius 2 is 1.92 bits per heavy atom. The molecule has 0 bridgehead atoms. The molecule has 0 aliphatic carbocycles. The number of rotatable bonds is 1. The molecule has 0 heterocycles. The summed E-state index contributed by atoms with van der Waals surface area (Å²) in [5.41, 5.74) is 11.6. The zero-order chi connectivity index (χ0) is 9.68. The van der Waals surface area contributed by atoms with Gasteiger partial charge in [-0.05, 0) is 24.3 Å². The molecule has 0 aliphatic rings. The standard InChI is InChI=1S/C10H10N2O/c11-7-1-2-8-3-5-9(6-4-8)10(12)13/h3-6H,7,11H2,(H2,12,13). The largest absolute Gasteiger partial charge is 0.366 e. The molecule has 1 rings (SSSR count). The summed E-state index contributed by atoms with van der Waals surface area (Å²) in [4.78, 5) is 10.7. The maximum absolute atomic E-state index is 10.7. The van der Waals surface area contributed by atoms with Crippen molar-refractivity contribution in [2.24, 2.45) is 11.5 Å². The molecule has 1 aromatic rings. The fourth-order valence-electron chi connectivity index (χ4n) is 0.871. The van der Waals surface area contributed by atoms with Crippen LogP contribution in [0, 0.1) is 11.8 Å². The summed E-state index contributed by atoms with van der Waals surface area (Å²) in [6.45, 7) is 0.331. The van der Waals surface area contributed by atoms with E-state index in [1.165, 1.54) is 0 Å². The van der Waals surface area contributed by atoms with Crippen LogP contribution < -0.4 is 11.5 Å². The van der Waals surface area contributed by atoms with Gasteiger partial charge in [-0.1, -0.05) is 11.8 Å². The average molecular weight is 174 g/mol. The highest BCUT2D eigenvalue weighted by Crippen LogP contribution is 2.01. The van der Waals surface area contributed by atoms with Crippen LogP contribution in [-0.2, 0) is 0 Å². The highest BCUT2D eigenvalue weighted by molar-refractivity contribution is 5.92. The van der Waals surface area contributed by atoms with Gasteiger partial charge in [0.05, 0.1) is 6.54 Å². The summed E-state index contributed by atoms with van der Waals surface area (Å²) in [7, 11) is 0. The van der Waals surface area contributed by atoms with E-state index in [9.17, 15) is 4.79 Å². The van der Waals surface area contributed by atoms with E-state index in [-0.39, 0.29) is 0 Å². The molecule has 13 heavy (non-hydrogen) atoms. The van der Waals surface area contributed by atoms with Gasteiger partial charge in [0, 0.05) is 11.1 Å². The molecule has 0 aliphatic heterocycles. The summed E-state index contributed by atoms with van der Waals surface area (Å²) < 4.78 is 0. The number of nitrogens with two attached hydrogens (primary N) is 2. The van der Waals surface area contributed by atoms with Gasteiger partial charge < -0.3 is 11.5 Å². The van der Waals surface area contributed by atoms with Crippen LogP contribution in [0.3, 0.4) is 0 Å². The normalized spacial score (nSPS) is 8.69. The van der Waals surface area contributed by atoms with Crippen LogP contribution >= 0.6 is 0 Å². The number of hydrogen-bond donors (Lipinski definition) is 2. The van der Waals surface area contributed by atoms with Crippen LogP contribution in [0.1, 0.15) is 15.9 Å². The van der Waals surface area contributed by atoms with Crippen LogP contribution in [0.2, 0.25) is 0 Å². The number of hydrogen-bond acceptors (Lipinski definition) is 2. The second kappa shape index (κ2) is 4.29. The molecule has 0 saturated carbocycles. The molecule has 1 amide bonds. The lowest BCUT2D eigenvalue weighted by atomic mass is 10.1. The molecule has 0 fully saturated rings. The fourth-order valence-corrected chi connectivity index (χ4v) is 0.871. The van der Waals surface area contributed by atoms with Gasteiger partial charge in [0.15, 0.2) is 0 Å². The van der Waals surface area contributed by atoms with Crippen molar-refractivity contribution in [3.8, 4) is 11.8 Å². The summed E-state index contributed by atoms with van der Waals surface area (Å²) in [5.74, 6) is 5.13. The van der Waals surface area contributed by atoms with Crippen molar-refractivity contribution in [3.63, 3.8) is 0 Å². The number of benzene rings is 1. The Labute approximate surface area is 76.7 Å². The van der Waals surface area contributed by atoms with Crippen LogP contribution in [0.5, 0.6) is 0 Å². The third kappa shape index (κ3) is 2.62. The highest BCUT2D eigenvalue weighted by Gasteiger charge is 1.97. The smallest absolute Gasteiger partial charge is 0.248 e. The second-order valence-corrected chi connectivity index (χ2v) is 2.45. The molecule has 0 unspecified atom stereocenters. The third-order valence-electron chi connectivity index (χ3n) is 1.50. The summed E-state index contributed by atoms with van der Waals surface area (Å²) in [6, 6.07) is 6.76. The lowest BCUT2D eigenvalue weighted by Gasteiger charge is -1.94. The zero-order valence-electron chi connectivity index (χ0n) is 7.08. The monoisotopic (exact) mass is 174 g/mol. The third-order valence-corrected chi connectivity index (χ3v) is 1.50. The van der Waals surface area contributed by atoms with Gasteiger partial charge in [-0.25, -0.2) is 0 Å². The van der Waals surface area contributed by atoms with Crippen molar-refractivity contribution in [2.75, 3.05) is 6.54 Å². The Kier molecular flexibility index (Phi) is 3.07. The molecular weight excluding hydrogens is 164 g/mol. The Balaban J connectivity index is 2.87. The SMILES string of the molecule is NCC#Cc1ccc(C(N)=O)cc1. The molecule has 0 saturated heterocycles. The molecule has 66 valence electrons. The topological polar surface area (TPSA) is 69.1 Å². The lowest BCUT2D eigenvalue weighted by Crippen LogP contribution is -2.10. The predicted octanol–water partition coefficient (Wildman–Crippen LogP) is 0.0957. The van der Waals surface area contributed by atoms with E-state index in [1.807, 2.05) is 0 Å². The molecule has 0 atom stereocenters. The summed E-state index contributed by atoms with van der Waals surface area (Å²) in [6.07, 6.45) is 0. The van der Waals surface area contributed by atoms with Gasteiger partial charge in [0.1, 0.15) is 0 Å². The van der Waals surface area contributed by atoms with E-state index in [0.717, 1.165) is 5.56 Å². The van der Waals surface area contributed by atoms with E-state index < -0.39 is 5.91 Å². The lowest BCUT2D eigenvalue weighted by molar-refractivity contribution is 0.100. The average Bonchev–Trinajstić information content (AvgIpc) is 2.15. The number of carbonyl (C=O) groups excluding carboxylic acids is 1. The number of amides is 1. The van der Waals surface area contributed by atoms with Crippen molar-refractivity contribution in [1.29, 1.82) is 0 Å².